The molecule has 0 bridgehead atoms. The topological polar surface area (TPSA) is 72.3 Å². The number of benzene rings is 2. The summed E-state index contributed by atoms with van der Waals surface area (Å²) in [5.41, 5.74) is 0.508. The first-order valence-electron chi connectivity index (χ1n) is 9.39. The molecule has 4 rings (SSSR count). The molecule has 10 heteroatoms. The third-order valence-electron chi connectivity index (χ3n) is 5.41. The van der Waals surface area contributed by atoms with Gasteiger partial charge < -0.3 is 4.57 Å². The number of ketones is 1. The number of aryl methyl sites for hydroxylation is 1. The van der Waals surface area contributed by atoms with Crippen LogP contribution in [0.3, 0.4) is 0 Å². The summed E-state index contributed by atoms with van der Waals surface area (Å²) < 4.78 is 69.1. The summed E-state index contributed by atoms with van der Waals surface area (Å²) in [6, 6.07) is 8.25. The third-order valence-corrected chi connectivity index (χ3v) is 7.13. The van der Waals surface area contributed by atoms with Crippen molar-refractivity contribution >= 4 is 15.8 Å². The van der Waals surface area contributed by atoms with Crippen molar-refractivity contribution in [2.75, 3.05) is 13.1 Å². The van der Waals surface area contributed by atoms with Gasteiger partial charge in [0.25, 0.3) is 10.0 Å². The first-order valence-corrected chi connectivity index (χ1v) is 10.8. The molecule has 0 N–H and O–H groups in total. The highest BCUT2D eigenvalue weighted by Gasteiger charge is 2.44. The lowest BCUT2D eigenvalue weighted by Gasteiger charge is -2.18. The number of carbonyl (C=O) groups excluding carboxylic acids is 1. The summed E-state index contributed by atoms with van der Waals surface area (Å²) in [6.07, 6.45) is 2.71. The molecule has 2 heterocycles. The number of sulfonamides is 1. The van der Waals surface area contributed by atoms with Gasteiger partial charge in [0.05, 0.1) is 6.33 Å². The first-order chi connectivity index (χ1) is 14.7. The zero-order valence-electron chi connectivity index (χ0n) is 16.4. The van der Waals surface area contributed by atoms with Gasteiger partial charge in [0.2, 0.25) is 0 Å². The van der Waals surface area contributed by atoms with Gasteiger partial charge in [-0.1, -0.05) is 12.1 Å². The Morgan fingerprint density at radius 2 is 1.74 bits per heavy atom. The van der Waals surface area contributed by atoms with Crippen molar-refractivity contribution in [2.45, 2.75) is 10.9 Å². The van der Waals surface area contributed by atoms with E-state index in [1.54, 1.807) is 7.05 Å². The van der Waals surface area contributed by atoms with E-state index in [2.05, 4.69) is 4.98 Å². The largest absolute Gasteiger partial charge is 0.339 e. The van der Waals surface area contributed by atoms with Crippen LogP contribution in [-0.4, -0.2) is 41.1 Å². The van der Waals surface area contributed by atoms with Crippen molar-refractivity contribution in [3.63, 3.8) is 0 Å². The number of carbonyl (C=O) groups is 1. The van der Waals surface area contributed by atoms with Crippen LogP contribution in [0.1, 0.15) is 21.8 Å². The Morgan fingerprint density at radius 1 is 1.03 bits per heavy atom. The van der Waals surface area contributed by atoms with Crippen LogP contribution in [0.15, 0.2) is 60.0 Å². The summed E-state index contributed by atoms with van der Waals surface area (Å²) in [5, 5.41) is -0.159. The van der Waals surface area contributed by atoms with E-state index in [1.165, 1.54) is 47.4 Å². The van der Waals surface area contributed by atoms with E-state index >= 15 is 0 Å². The minimum absolute atomic E-state index is 0.0371. The normalized spacial score (nSPS) is 19.6. The summed E-state index contributed by atoms with van der Waals surface area (Å²) in [4.78, 5) is 17.1. The number of rotatable bonds is 5. The molecule has 1 aliphatic rings. The Morgan fingerprint density at radius 3 is 2.35 bits per heavy atom. The lowest BCUT2D eigenvalue weighted by atomic mass is 9.84. The van der Waals surface area contributed by atoms with E-state index in [1.807, 2.05) is 0 Å². The monoisotopic (exact) mass is 449 g/mol. The molecule has 0 amide bonds. The zero-order valence-corrected chi connectivity index (χ0v) is 17.2. The summed E-state index contributed by atoms with van der Waals surface area (Å²) in [7, 11) is -2.36. The fraction of sp³-hybridized carbons (Fsp3) is 0.238. The second-order valence-corrected chi connectivity index (χ2v) is 9.34. The van der Waals surface area contributed by atoms with Crippen LogP contribution in [0, 0.1) is 23.4 Å². The maximum Gasteiger partial charge on any atom is 0.262 e. The average Bonchev–Trinajstić information content (AvgIpc) is 3.38. The van der Waals surface area contributed by atoms with Gasteiger partial charge >= 0.3 is 0 Å². The van der Waals surface area contributed by atoms with Crippen LogP contribution in [0.4, 0.5) is 13.2 Å². The van der Waals surface area contributed by atoms with Crippen LogP contribution in [0.5, 0.6) is 0 Å². The molecular weight excluding hydrogens is 431 g/mol. The molecule has 1 fully saturated rings. The Labute approximate surface area is 177 Å². The minimum Gasteiger partial charge on any atom is -0.339 e. The predicted octanol–water partition coefficient (Wildman–Crippen LogP) is 3.12. The first kappa shape index (κ1) is 21.3. The van der Waals surface area contributed by atoms with E-state index < -0.39 is 45.1 Å². The quantitative estimate of drug-likeness (QED) is 0.561. The molecule has 0 unspecified atom stereocenters. The van der Waals surface area contributed by atoms with Crippen LogP contribution < -0.4 is 0 Å². The summed E-state index contributed by atoms with van der Waals surface area (Å²) in [5.74, 6) is -4.71. The zero-order chi connectivity index (χ0) is 22.3. The maximum atomic E-state index is 13.7. The average molecular weight is 449 g/mol. The predicted molar refractivity (Wildman–Crippen MR) is 105 cm³/mol. The summed E-state index contributed by atoms with van der Waals surface area (Å²) >= 11 is 0. The van der Waals surface area contributed by atoms with Gasteiger partial charge in [0.15, 0.2) is 22.4 Å². The van der Waals surface area contributed by atoms with Gasteiger partial charge in [-0.2, -0.15) is 4.31 Å². The van der Waals surface area contributed by atoms with Crippen LogP contribution in [0.2, 0.25) is 0 Å². The van der Waals surface area contributed by atoms with Crippen molar-refractivity contribution in [1.29, 1.82) is 0 Å². The molecule has 1 aliphatic heterocycles. The maximum absolute atomic E-state index is 13.7. The Bertz CT molecular complexity index is 1240. The SMILES string of the molecule is Cn1cnc(S(=O)(=O)N2C[C@@H](C(=O)c3ccc(F)c(F)c3)[C@H](c3ccc(F)cc3)C2)c1. The van der Waals surface area contributed by atoms with E-state index in [4.69, 9.17) is 0 Å². The van der Waals surface area contributed by atoms with Gasteiger partial charge in [0.1, 0.15) is 5.82 Å². The highest BCUT2D eigenvalue weighted by atomic mass is 32.2. The van der Waals surface area contributed by atoms with E-state index in [0.717, 1.165) is 16.4 Å². The fourth-order valence-corrected chi connectivity index (χ4v) is 5.25. The highest BCUT2D eigenvalue weighted by Crippen LogP contribution is 2.37. The molecule has 31 heavy (non-hydrogen) atoms. The minimum atomic E-state index is -3.99. The Balaban J connectivity index is 1.72. The van der Waals surface area contributed by atoms with Crippen molar-refractivity contribution in [1.82, 2.24) is 13.9 Å². The molecule has 6 nitrogen and oxygen atoms in total. The molecular formula is C21H18F3N3O3S. The van der Waals surface area contributed by atoms with Gasteiger partial charge in [0, 0.05) is 43.7 Å². The number of imidazole rings is 1. The number of hydrogen-bond donors (Lipinski definition) is 0. The van der Waals surface area contributed by atoms with Crippen LogP contribution >= 0.6 is 0 Å². The number of halogens is 3. The van der Waals surface area contributed by atoms with E-state index in [0.29, 0.717) is 5.56 Å². The molecule has 0 saturated carbocycles. The van der Waals surface area contributed by atoms with Crippen molar-refractivity contribution < 1.29 is 26.4 Å². The Hall–Kier alpha value is -2.98. The third kappa shape index (κ3) is 4.00. The van der Waals surface area contributed by atoms with Crippen LogP contribution in [0.25, 0.3) is 0 Å². The van der Waals surface area contributed by atoms with Crippen molar-refractivity contribution in [3.8, 4) is 0 Å². The van der Waals surface area contributed by atoms with Crippen LogP contribution in [-0.2, 0) is 17.1 Å². The molecule has 0 aliphatic carbocycles. The smallest absolute Gasteiger partial charge is 0.262 e. The lowest BCUT2D eigenvalue weighted by molar-refractivity contribution is 0.0917. The number of aromatic nitrogens is 2. The van der Waals surface area contributed by atoms with Gasteiger partial charge in [-0.15, -0.1) is 0 Å². The summed E-state index contributed by atoms with van der Waals surface area (Å²) in [6.45, 7) is -0.205. The molecule has 1 saturated heterocycles. The Kier molecular flexibility index (Phi) is 5.44. The molecule has 0 spiro atoms. The van der Waals surface area contributed by atoms with Gasteiger partial charge in [-0.05, 0) is 35.9 Å². The molecule has 0 radical (unpaired) electrons. The second-order valence-electron chi connectivity index (χ2n) is 7.46. The molecule has 162 valence electrons. The standard InChI is InChI=1S/C21H18F3N3O3S/c1-26-11-20(25-12-26)31(29,30)27-9-16(13-2-5-15(22)6-3-13)17(10-27)21(28)14-4-7-18(23)19(24)8-14/h2-8,11-12,16-17H,9-10H2,1H3/t16-,17+/m0/s1. The van der Waals surface area contributed by atoms with E-state index in [9.17, 15) is 26.4 Å². The highest BCUT2D eigenvalue weighted by molar-refractivity contribution is 7.89. The van der Waals surface area contributed by atoms with Crippen molar-refractivity contribution in [3.05, 3.63) is 83.6 Å². The second kappa shape index (κ2) is 7.93. The molecule has 2 aromatic carbocycles. The lowest BCUT2D eigenvalue weighted by Crippen LogP contribution is -2.30. The van der Waals surface area contributed by atoms with Crippen molar-refractivity contribution in [2.24, 2.45) is 13.0 Å². The number of Topliss-reactive ketones (excluding diaryl/α,β-unsaturated/α-hetero) is 1. The van der Waals surface area contributed by atoms with Gasteiger partial charge in [-0.3, -0.25) is 4.79 Å². The molecule has 1 aromatic heterocycles. The van der Waals surface area contributed by atoms with Gasteiger partial charge in [-0.25, -0.2) is 26.6 Å². The van der Waals surface area contributed by atoms with E-state index in [-0.39, 0.29) is 23.7 Å². The number of nitrogens with zero attached hydrogens (tertiary/aromatic N) is 3. The number of hydrogen-bond acceptors (Lipinski definition) is 4. The fourth-order valence-electron chi connectivity index (χ4n) is 3.80. The molecule has 2 atom stereocenters. The molecule has 3 aromatic rings.